The van der Waals surface area contributed by atoms with Gasteiger partial charge in [-0.15, -0.1) is 11.3 Å². The summed E-state index contributed by atoms with van der Waals surface area (Å²) in [6.07, 6.45) is -1.17. The highest BCUT2D eigenvalue weighted by Crippen LogP contribution is 2.37. The first-order valence-corrected chi connectivity index (χ1v) is 9.18. The van der Waals surface area contributed by atoms with Crippen molar-refractivity contribution < 1.29 is 18.0 Å². The first kappa shape index (κ1) is 19.0. The van der Waals surface area contributed by atoms with E-state index in [1.165, 1.54) is 34.4 Å². The van der Waals surface area contributed by atoms with E-state index in [9.17, 15) is 18.0 Å². The van der Waals surface area contributed by atoms with Crippen molar-refractivity contribution in [3.8, 4) is 16.6 Å². The molecule has 4 rings (SSSR count). The Morgan fingerprint density at radius 2 is 1.97 bits per heavy atom. The van der Waals surface area contributed by atoms with Crippen LogP contribution in [0.4, 0.5) is 13.2 Å². The molecule has 0 atom stereocenters. The molecule has 0 spiro atoms. The van der Waals surface area contributed by atoms with Crippen molar-refractivity contribution in [3.05, 3.63) is 52.6 Å². The number of rotatable bonds is 3. The van der Waals surface area contributed by atoms with E-state index >= 15 is 0 Å². The molecule has 0 saturated heterocycles. The molecule has 0 aliphatic heterocycles. The molecule has 0 unspecified atom stereocenters. The predicted molar refractivity (Wildman–Crippen MR) is 101 cm³/mol. The van der Waals surface area contributed by atoms with Gasteiger partial charge in [0, 0.05) is 28.9 Å². The molecule has 0 saturated carbocycles. The Labute approximate surface area is 166 Å². The van der Waals surface area contributed by atoms with Gasteiger partial charge >= 0.3 is 6.18 Å². The lowest BCUT2D eigenvalue weighted by Crippen LogP contribution is -2.19. The van der Waals surface area contributed by atoms with Gasteiger partial charge in [0.1, 0.15) is 5.56 Å². The van der Waals surface area contributed by atoms with Gasteiger partial charge in [0.15, 0.2) is 16.6 Å². The maximum atomic E-state index is 13.6. The normalized spacial score (nSPS) is 11.9. The highest BCUT2D eigenvalue weighted by atomic mass is 32.1. The average Bonchev–Trinajstić information content (AvgIpc) is 3.24. The van der Waals surface area contributed by atoms with E-state index in [2.05, 4.69) is 19.9 Å². The lowest BCUT2D eigenvalue weighted by molar-refractivity contribution is -0.136. The molecule has 148 valence electrons. The van der Waals surface area contributed by atoms with Gasteiger partial charge in [-0.1, -0.05) is 0 Å². The molecule has 1 amide bonds. The molecule has 0 aliphatic rings. The Kier molecular flexibility index (Phi) is 4.34. The standard InChI is InChI=1S/C18H13F3N6OS/c1-8-7-29-17(24-8)15-25-9(2)13(14(22)28)16(26-15)27-6-11(18(19,20)21)10-3-4-23-5-12(10)27/h3-7H,1-2H3,(H2,22,28). The highest BCUT2D eigenvalue weighted by Gasteiger charge is 2.35. The second-order valence-corrected chi connectivity index (χ2v) is 7.15. The summed E-state index contributed by atoms with van der Waals surface area (Å²) in [5, 5.41) is 2.21. The number of amides is 1. The zero-order chi connectivity index (χ0) is 20.9. The zero-order valence-electron chi connectivity index (χ0n) is 15.2. The fraction of sp³-hybridized carbons (Fsp3) is 0.167. The molecule has 11 heteroatoms. The van der Waals surface area contributed by atoms with Gasteiger partial charge < -0.3 is 5.73 Å². The number of carbonyl (C=O) groups excluding carboxylic acids is 1. The lowest BCUT2D eigenvalue weighted by Gasteiger charge is -2.12. The Morgan fingerprint density at radius 3 is 2.59 bits per heavy atom. The van der Waals surface area contributed by atoms with Gasteiger partial charge in [0.2, 0.25) is 0 Å². The van der Waals surface area contributed by atoms with E-state index < -0.39 is 17.6 Å². The molecular formula is C18H13F3N6OS. The van der Waals surface area contributed by atoms with Crippen LogP contribution < -0.4 is 5.73 Å². The summed E-state index contributed by atoms with van der Waals surface area (Å²) in [7, 11) is 0. The van der Waals surface area contributed by atoms with Crippen molar-refractivity contribution in [1.82, 2.24) is 24.5 Å². The van der Waals surface area contributed by atoms with Crippen LogP contribution in [-0.4, -0.2) is 30.4 Å². The quantitative estimate of drug-likeness (QED) is 0.547. The molecule has 0 fully saturated rings. The van der Waals surface area contributed by atoms with Gasteiger partial charge in [0.25, 0.3) is 5.91 Å². The van der Waals surface area contributed by atoms with Crippen LogP contribution in [0.1, 0.15) is 27.3 Å². The minimum Gasteiger partial charge on any atom is -0.365 e. The summed E-state index contributed by atoms with van der Waals surface area (Å²) >= 11 is 1.29. The fourth-order valence-electron chi connectivity index (χ4n) is 3.05. The summed E-state index contributed by atoms with van der Waals surface area (Å²) < 4.78 is 41.9. The molecule has 4 aromatic rings. The van der Waals surface area contributed by atoms with Gasteiger partial charge in [-0.25, -0.2) is 15.0 Å². The van der Waals surface area contributed by atoms with Gasteiger partial charge in [-0.05, 0) is 19.9 Å². The van der Waals surface area contributed by atoms with E-state index in [1.54, 1.807) is 19.2 Å². The topological polar surface area (TPSA) is 99.6 Å². The minimum atomic E-state index is -4.60. The molecule has 0 radical (unpaired) electrons. The second kappa shape index (κ2) is 6.62. The number of nitrogens with zero attached hydrogens (tertiary/aromatic N) is 5. The Balaban J connectivity index is 2.07. The number of hydrogen-bond donors (Lipinski definition) is 1. The first-order chi connectivity index (χ1) is 13.7. The van der Waals surface area contributed by atoms with Crippen LogP contribution in [-0.2, 0) is 6.18 Å². The van der Waals surface area contributed by atoms with E-state index in [0.29, 0.717) is 5.01 Å². The Morgan fingerprint density at radius 1 is 1.21 bits per heavy atom. The maximum Gasteiger partial charge on any atom is 0.418 e. The van der Waals surface area contributed by atoms with E-state index in [1.807, 2.05) is 0 Å². The Bertz CT molecular complexity index is 1260. The molecule has 29 heavy (non-hydrogen) atoms. The number of aromatic nitrogens is 5. The number of nitrogens with two attached hydrogens (primary N) is 1. The van der Waals surface area contributed by atoms with Crippen LogP contribution >= 0.6 is 11.3 Å². The van der Waals surface area contributed by atoms with Crippen molar-refractivity contribution in [2.75, 3.05) is 0 Å². The van der Waals surface area contributed by atoms with E-state index in [-0.39, 0.29) is 33.8 Å². The molecule has 0 aliphatic carbocycles. The van der Waals surface area contributed by atoms with Crippen LogP contribution in [0.15, 0.2) is 30.0 Å². The predicted octanol–water partition coefficient (Wildman–Crippen LogP) is 3.67. The number of pyridine rings is 1. The molecule has 2 N–H and O–H groups in total. The summed E-state index contributed by atoms with van der Waals surface area (Å²) in [6, 6.07) is 1.26. The van der Waals surface area contributed by atoms with Gasteiger partial charge in [-0.2, -0.15) is 13.2 Å². The number of thiazole rings is 1. The Hall–Kier alpha value is -3.34. The second-order valence-electron chi connectivity index (χ2n) is 6.29. The number of carbonyl (C=O) groups is 1. The third-order valence-corrected chi connectivity index (χ3v) is 5.23. The van der Waals surface area contributed by atoms with Crippen molar-refractivity contribution >= 4 is 28.1 Å². The highest BCUT2D eigenvalue weighted by molar-refractivity contribution is 7.13. The van der Waals surface area contributed by atoms with Gasteiger partial charge in [-0.3, -0.25) is 14.3 Å². The average molecular weight is 418 g/mol. The summed E-state index contributed by atoms with van der Waals surface area (Å²) in [5.41, 5.74) is 5.69. The third-order valence-electron chi connectivity index (χ3n) is 4.27. The van der Waals surface area contributed by atoms with Crippen LogP contribution in [0.25, 0.3) is 27.6 Å². The van der Waals surface area contributed by atoms with Crippen molar-refractivity contribution in [3.63, 3.8) is 0 Å². The van der Waals surface area contributed by atoms with Crippen molar-refractivity contribution in [2.45, 2.75) is 20.0 Å². The SMILES string of the molecule is Cc1csc(-c2nc(C)c(C(N)=O)c(-n3cc(C(F)(F)F)c4ccncc43)n2)n1. The minimum absolute atomic E-state index is 0.0543. The fourth-order valence-corrected chi connectivity index (χ4v) is 3.78. The number of halogens is 3. The zero-order valence-corrected chi connectivity index (χ0v) is 16.0. The maximum absolute atomic E-state index is 13.6. The molecule has 0 bridgehead atoms. The summed E-state index contributed by atoms with van der Waals surface area (Å²) in [6.45, 7) is 3.34. The molecule has 4 heterocycles. The smallest absolute Gasteiger partial charge is 0.365 e. The third kappa shape index (κ3) is 3.23. The van der Waals surface area contributed by atoms with Crippen molar-refractivity contribution in [2.24, 2.45) is 5.73 Å². The number of primary amides is 1. The number of hydrogen-bond acceptors (Lipinski definition) is 6. The molecule has 0 aromatic carbocycles. The van der Waals surface area contributed by atoms with Crippen LogP contribution in [0, 0.1) is 13.8 Å². The first-order valence-electron chi connectivity index (χ1n) is 8.30. The molecular weight excluding hydrogens is 405 g/mol. The number of alkyl halides is 3. The van der Waals surface area contributed by atoms with Crippen molar-refractivity contribution in [1.29, 1.82) is 0 Å². The van der Waals surface area contributed by atoms with Crippen LogP contribution in [0.2, 0.25) is 0 Å². The summed E-state index contributed by atoms with van der Waals surface area (Å²) in [5.74, 6) is -0.708. The van der Waals surface area contributed by atoms with Gasteiger partial charge in [0.05, 0.1) is 23.0 Å². The summed E-state index contributed by atoms with van der Waals surface area (Å²) in [4.78, 5) is 29.0. The molecule has 7 nitrogen and oxygen atoms in total. The van der Waals surface area contributed by atoms with Crippen LogP contribution in [0.5, 0.6) is 0 Å². The van der Waals surface area contributed by atoms with E-state index in [4.69, 9.17) is 5.73 Å². The number of aryl methyl sites for hydroxylation is 2. The largest absolute Gasteiger partial charge is 0.418 e. The van der Waals surface area contributed by atoms with Crippen LogP contribution in [0.3, 0.4) is 0 Å². The number of fused-ring (bicyclic) bond motifs is 1. The van der Waals surface area contributed by atoms with E-state index in [0.717, 1.165) is 11.9 Å². The molecule has 4 aromatic heterocycles. The monoisotopic (exact) mass is 418 g/mol. The lowest BCUT2D eigenvalue weighted by atomic mass is 10.2.